The lowest BCUT2D eigenvalue weighted by Gasteiger charge is -2.19. The summed E-state index contributed by atoms with van der Waals surface area (Å²) in [5.41, 5.74) is 0. The third kappa shape index (κ3) is 18.2. The highest BCUT2D eigenvalue weighted by atomic mass is 31.1. The number of unbranched alkanes of at least 4 members (excludes halogenated alkanes) is 8. The zero-order valence-corrected chi connectivity index (χ0v) is 20.6. The Bertz CT molecular complexity index is 306. The van der Waals surface area contributed by atoms with Crippen molar-refractivity contribution in [3.8, 4) is 0 Å². The first-order chi connectivity index (χ1) is 13.7. The summed E-state index contributed by atoms with van der Waals surface area (Å²) in [6, 6.07) is 0. The second kappa shape index (κ2) is 21.8. The van der Waals surface area contributed by atoms with Crippen LogP contribution in [0.4, 0.5) is 0 Å². The van der Waals surface area contributed by atoms with E-state index in [1.807, 2.05) is 0 Å². The Kier molecular flexibility index (Phi) is 22.0. The van der Waals surface area contributed by atoms with Crippen LogP contribution in [0.25, 0.3) is 0 Å². The Morgan fingerprint density at radius 3 is 1.25 bits per heavy atom. The van der Waals surface area contributed by atoms with Gasteiger partial charge in [0.2, 0.25) is 0 Å². The van der Waals surface area contributed by atoms with Gasteiger partial charge in [-0.3, -0.25) is 4.57 Å². The summed E-state index contributed by atoms with van der Waals surface area (Å²) in [6.07, 6.45) is 20.0. The van der Waals surface area contributed by atoms with Crippen LogP contribution in [0.3, 0.4) is 0 Å². The van der Waals surface area contributed by atoms with Gasteiger partial charge in [-0.05, 0) is 37.5 Å². The lowest BCUT2D eigenvalue weighted by atomic mass is 9.96. The zero-order chi connectivity index (χ0) is 20.9. The summed E-state index contributed by atoms with van der Waals surface area (Å²) in [4.78, 5) is 0. The van der Waals surface area contributed by atoms with Crippen molar-refractivity contribution >= 4 is 8.25 Å². The van der Waals surface area contributed by atoms with Gasteiger partial charge in [0, 0.05) is 0 Å². The molecule has 0 spiro atoms. The zero-order valence-electron chi connectivity index (χ0n) is 19.6. The van der Waals surface area contributed by atoms with Crippen LogP contribution in [0.5, 0.6) is 0 Å². The van der Waals surface area contributed by atoms with Crippen LogP contribution in [0.1, 0.15) is 130 Å². The molecule has 0 fully saturated rings. The minimum atomic E-state index is -2.35. The maximum Gasteiger partial charge on any atom is 0.319 e. The molecule has 0 radical (unpaired) electrons. The molecule has 0 saturated heterocycles. The number of hydrogen-bond donors (Lipinski definition) is 0. The minimum Gasteiger partial charge on any atom is -0.310 e. The minimum absolute atomic E-state index is 0.541. The maximum atomic E-state index is 12.3. The van der Waals surface area contributed by atoms with Crippen molar-refractivity contribution < 1.29 is 13.6 Å². The van der Waals surface area contributed by atoms with Crippen LogP contribution < -0.4 is 0 Å². The smallest absolute Gasteiger partial charge is 0.310 e. The Balaban J connectivity index is 4.16. The predicted octanol–water partition coefficient (Wildman–Crippen LogP) is 8.96. The molecule has 0 amide bonds. The van der Waals surface area contributed by atoms with E-state index in [9.17, 15) is 4.57 Å². The normalized spacial score (nSPS) is 14.9. The van der Waals surface area contributed by atoms with Gasteiger partial charge in [-0.15, -0.1) is 0 Å². The molecule has 0 aliphatic carbocycles. The Hall–Kier alpha value is 0.150. The largest absolute Gasteiger partial charge is 0.319 e. The molecule has 170 valence electrons. The second-order valence-corrected chi connectivity index (χ2v) is 9.66. The van der Waals surface area contributed by atoms with Crippen molar-refractivity contribution in [3.63, 3.8) is 0 Å². The highest BCUT2D eigenvalue weighted by Gasteiger charge is 2.14. The molecule has 0 aliphatic rings. The molecule has 4 heteroatoms. The molecule has 28 heavy (non-hydrogen) atoms. The lowest BCUT2D eigenvalue weighted by molar-refractivity contribution is 0.162. The molecule has 0 aromatic carbocycles. The van der Waals surface area contributed by atoms with Gasteiger partial charge in [0.1, 0.15) is 0 Å². The van der Waals surface area contributed by atoms with Crippen molar-refractivity contribution in [1.29, 1.82) is 0 Å². The fourth-order valence-corrected chi connectivity index (χ4v) is 4.57. The van der Waals surface area contributed by atoms with Crippen LogP contribution >= 0.6 is 8.25 Å². The molecule has 0 bridgehead atoms. The van der Waals surface area contributed by atoms with Gasteiger partial charge in [0.15, 0.2) is 0 Å². The molecule has 0 heterocycles. The van der Waals surface area contributed by atoms with Crippen molar-refractivity contribution in [1.82, 2.24) is 0 Å². The van der Waals surface area contributed by atoms with Crippen molar-refractivity contribution in [2.75, 3.05) is 13.2 Å². The molecule has 3 nitrogen and oxygen atoms in total. The van der Waals surface area contributed by atoms with Gasteiger partial charge in [-0.1, -0.05) is 105 Å². The molecular formula is C24H51O3P. The highest BCUT2D eigenvalue weighted by molar-refractivity contribution is 7.33. The van der Waals surface area contributed by atoms with E-state index >= 15 is 0 Å². The topological polar surface area (TPSA) is 35.5 Å². The van der Waals surface area contributed by atoms with E-state index in [1.54, 1.807) is 0 Å². The SMILES string of the molecule is CCCCCCC(CCCC)CO[PH](=O)OCC(CCCC)CCCCCC. The standard InChI is InChI=1S/C24H51O3P/c1-5-9-13-15-19-23(17-11-7-3)21-26-28(25)27-22-24(18-12-8-4)20-16-14-10-6-2/h23-24,28H,5-22H2,1-4H3. The van der Waals surface area contributed by atoms with E-state index < -0.39 is 8.25 Å². The van der Waals surface area contributed by atoms with E-state index in [-0.39, 0.29) is 0 Å². The number of rotatable bonds is 22. The Morgan fingerprint density at radius 2 is 0.893 bits per heavy atom. The monoisotopic (exact) mass is 418 g/mol. The first kappa shape index (κ1) is 28.1. The third-order valence-electron chi connectivity index (χ3n) is 5.74. The predicted molar refractivity (Wildman–Crippen MR) is 124 cm³/mol. The maximum absolute atomic E-state index is 12.3. The van der Waals surface area contributed by atoms with Gasteiger partial charge >= 0.3 is 8.25 Å². The van der Waals surface area contributed by atoms with Crippen LogP contribution in [0, 0.1) is 11.8 Å². The van der Waals surface area contributed by atoms with Crippen LogP contribution in [-0.4, -0.2) is 13.2 Å². The van der Waals surface area contributed by atoms with Crippen molar-refractivity contribution in [2.45, 2.75) is 130 Å². The molecule has 0 saturated carbocycles. The summed E-state index contributed by atoms with van der Waals surface area (Å²) in [6.45, 7) is 10.2. The van der Waals surface area contributed by atoms with Gasteiger partial charge in [0.05, 0.1) is 13.2 Å². The van der Waals surface area contributed by atoms with Gasteiger partial charge < -0.3 is 9.05 Å². The van der Waals surface area contributed by atoms with Gasteiger partial charge in [-0.2, -0.15) is 0 Å². The van der Waals surface area contributed by atoms with E-state index in [4.69, 9.17) is 9.05 Å². The van der Waals surface area contributed by atoms with Gasteiger partial charge in [-0.25, -0.2) is 0 Å². The van der Waals surface area contributed by atoms with Crippen LogP contribution in [0.15, 0.2) is 0 Å². The van der Waals surface area contributed by atoms with Crippen LogP contribution in [0.2, 0.25) is 0 Å². The summed E-state index contributed by atoms with van der Waals surface area (Å²) in [5.74, 6) is 1.08. The summed E-state index contributed by atoms with van der Waals surface area (Å²) in [7, 11) is -2.35. The first-order valence-electron chi connectivity index (χ1n) is 12.5. The molecule has 0 rings (SSSR count). The summed E-state index contributed by atoms with van der Waals surface area (Å²) in [5, 5.41) is 0. The quantitative estimate of drug-likeness (QED) is 0.130. The van der Waals surface area contributed by atoms with Crippen molar-refractivity contribution in [3.05, 3.63) is 0 Å². The first-order valence-corrected chi connectivity index (χ1v) is 13.7. The lowest BCUT2D eigenvalue weighted by Crippen LogP contribution is -2.10. The van der Waals surface area contributed by atoms with E-state index in [0.717, 1.165) is 0 Å². The average molecular weight is 419 g/mol. The molecule has 2 atom stereocenters. The van der Waals surface area contributed by atoms with E-state index in [0.29, 0.717) is 25.0 Å². The van der Waals surface area contributed by atoms with Gasteiger partial charge in [0.25, 0.3) is 0 Å². The molecule has 0 aromatic heterocycles. The van der Waals surface area contributed by atoms with E-state index in [1.165, 1.54) is 103 Å². The molecule has 0 aliphatic heterocycles. The fourth-order valence-electron chi connectivity index (χ4n) is 3.74. The van der Waals surface area contributed by atoms with Crippen molar-refractivity contribution in [2.24, 2.45) is 11.8 Å². The molecule has 2 unspecified atom stereocenters. The summed E-state index contributed by atoms with van der Waals surface area (Å²) < 4.78 is 23.7. The Morgan fingerprint density at radius 1 is 0.536 bits per heavy atom. The Labute approximate surface area is 177 Å². The average Bonchev–Trinajstić information content (AvgIpc) is 2.71. The van der Waals surface area contributed by atoms with E-state index in [2.05, 4.69) is 27.7 Å². The highest BCUT2D eigenvalue weighted by Crippen LogP contribution is 2.30. The molecule has 0 aromatic rings. The molecule has 0 N–H and O–H groups in total. The fraction of sp³-hybridized carbons (Fsp3) is 1.00. The third-order valence-corrected chi connectivity index (χ3v) is 6.54. The molecular weight excluding hydrogens is 367 g/mol. The second-order valence-electron chi connectivity index (χ2n) is 8.59. The van der Waals surface area contributed by atoms with Crippen LogP contribution in [-0.2, 0) is 13.6 Å². The number of hydrogen-bond acceptors (Lipinski definition) is 3. The summed E-state index contributed by atoms with van der Waals surface area (Å²) >= 11 is 0.